The van der Waals surface area contributed by atoms with Crippen LogP contribution in [0.3, 0.4) is 0 Å². The molecular weight excluding hydrogens is 264 g/mol. The summed E-state index contributed by atoms with van der Waals surface area (Å²) >= 11 is 0. The van der Waals surface area contributed by atoms with Gasteiger partial charge in [-0.3, -0.25) is 5.41 Å². The molecule has 1 atom stereocenters. The first-order chi connectivity index (χ1) is 10.1. The molecule has 0 radical (unpaired) electrons. The van der Waals surface area contributed by atoms with Crippen LogP contribution >= 0.6 is 0 Å². The van der Waals surface area contributed by atoms with Gasteiger partial charge in [0.15, 0.2) is 0 Å². The maximum Gasteiger partial charge on any atom is 0.129 e. The van der Waals surface area contributed by atoms with Crippen LogP contribution in [0.2, 0.25) is 0 Å². The van der Waals surface area contributed by atoms with Crippen LogP contribution in [0.4, 0.5) is 0 Å². The summed E-state index contributed by atoms with van der Waals surface area (Å²) in [5, 5.41) is 7.58. The normalized spacial score (nSPS) is 12.1. The summed E-state index contributed by atoms with van der Waals surface area (Å²) in [6.45, 7) is 4.87. The maximum absolute atomic E-state index is 7.58. The minimum absolute atomic E-state index is 0.0151. The molecule has 4 heteroatoms. The molecule has 0 amide bonds. The van der Waals surface area contributed by atoms with Crippen molar-refractivity contribution in [2.75, 3.05) is 7.11 Å². The number of nitrogen functional groups attached to an aromatic ring is 1. The third-order valence-electron chi connectivity index (χ3n) is 3.55. The summed E-state index contributed by atoms with van der Waals surface area (Å²) in [4.78, 5) is 0. The number of rotatable bonds is 10. The largest absolute Gasteiger partial charge is 0.496 e. The van der Waals surface area contributed by atoms with Gasteiger partial charge in [0.1, 0.15) is 11.6 Å². The van der Waals surface area contributed by atoms with Crippen molar-refractivity contribution >= 4 is 5.84 Å². The summed E-state index contributed by atoms with van der Waals surface area (Å²) in [5.74, 6) is 0.639. The SMILES string of the molecule is CCCCCCC(C)OCc1ccc(OC)c(C(=N)N)c1. The molecule has 0 aliphatic carbocycles. The Morgan fingerprint density at radius 2 is 2.05 bits per heavy atom. The van der Waals surface area contributed by atoms with Crippen LogP contribution in [0.25, 0.3) is 0 Å². The third-order valence-corrected chi connectivity index (χ3v) is 3.55. The Labute approximate surface area is 128 Å². The zero-order chi connectivity index (χ0) is 15.7. The molecule has 0 saturated carbocycles. The molecule has 1 rings (SSSR count). The van der Waals surface area contributed by atoms with Gasteiger partial charge < -0.3 is 15.2 Å². The van der Waals surface area contributed by atoms with E-state index in [2.05, 4.69) is 13.8 Å². The highest BCUT2D eigenvalue weighted by Crippen LogP contribution is 2.20. The smallest absolute Gasteiger partial charge is 0.129 e. The first-order valence-electron chi connectivity index (χ1n) is 7.71. The number of benzene rings is 1. The van der Waals surface area contributed by atoms with Crippen LogP contribution in [-0.2, 0) is 11.3 Å². The second-order valence-corrected chi connectivity index (χ2v) is 5.42. The van der Waals surface area contributed by atoms with Gasteiger partial charge in [0.25, 0.3) is 0 Å². The summed E-state index contributed by atoms with van der Waals surface area (Å²) < 4.78 is 11.1. The topological polar surface area (TPSA) is 68.3 Å². The molecule has 0 heterocycles. The highest BCUT2D eigenvalue weighted by molar-refractivity contribution is 5.97. The van der Waals surface area contributed by atoms with Crippen molar-refractivity contribution in [3.8, 4) is 5.75 Å². The number of amidine groups is 1. The van der Waals surface area contributed by atoms with E-state index in [0.717, 1.165) is 12.0 Å². The van der Waals surface area contributed by atoms with E-state index in [0.29, 0.717) is 17.9 Å². The molecule has 3 N–H and O–H groups in total. The molecule has 1 aromatic rings. The highest BCUT2D eigenvalue weighted by atomic mass is 16.5. The van der Waals surface area contributed by atoms with Crippen molar-refractivity contribution < 1.29 is 9.47 Å². The number of hydrogen-bond acceptors (Lipinski definition) is 3. The number of ether oxygens (including phenoxy) is 2. The average molecular weight is 292 g/mol. The third kappa shape index (κ3) is 6.17. The Balaban J connectivity index is 2.48. The van der Waals surface area contributed by atoms with Crippen LogP contribution in [0.5, 0.6) is 5.75 Å². The molecular formula is C17H28N2O2. The molecule has 1 unspecified atom stereocenters. The zero-order valence-electron chi connectivity index (χ0n) is 13.4. The molecule has 0 bridgehead atoms. The van der Waals surface area contributed by atoms with Gasteiger partial charge in [0, 0.05) is 0 Å². The Kier molecular flexibility index (Phi) is 7.83. The lowest BCUT2D eigenvalue weighted by atomic mass is 10.1. The standard InChI is InChI=1S/C17H28N2O2/c1-4-5-6-7-8-13(2)21-12-14-9-10-16(20-3)15(11-14)17(18)19/h9-11,13H,4-8,12H2,1-3H3,(H3,18,19). The lowest BCUT2D eigenvalue weighted by Crippen LogP contribution is -2.14. The predicted molar refractivity (Wildman–Crippen MR) is 87.0 cm³/mol. The van der Waals surface area contributed by atoms with E-state index in [9.17, 15) is 0 Å². The van der Waals surface area contributed by atoms with E-state index in [-0.39, 0.29) is 11.9 Å². The van der Waals surface area contributed by atoms with E-state index in [1.54, 1.807) is 7.11 Å². The van der Waals surface area contributed by atoms with Gasteiger partial charge >= 0.3 is 0 Å². The predicted octanol–water partition coefficient (Wildman–Crippen LogP) is 3.85. The lowest BCUT2D eigenvalue weighted by molar-refractivity contribution is 0.0459. The van der Waals surface area contributed by atoms with Crippen molar-refractivity contribution in [3.63, 3.8) is 0 Å². The van der Waals surface area contributed by atoms with E-state index in [1.165, 1.54) is 25.7 Å². The lowest BCUT2D eigenvalue weighted by Gasteiger charge is -2.14. The molecule has 0 aliphatic heterocycles. The van der Waals surface area contributed by atoms with Crippen LogP contribution in [0, 0.1) is 5.41 Å². The van der Waals surface area contributed by atoms with Gasteiger partial charge in [-0.1, -0.05) is 38.7 Å². The molecule has 0 saturated heterocycles. The number of nitrogens with one attached hydrogen (secondary N) is 1. The van der Waals surface area contributed by atoms with E-state index < -0.39 is 0 Å². The summed E-state index contributed by atoms with van der Waals surface area (Å²) in [6, 6.07) is 5.65. The number of nitrogens with two attached hydrogens (primary N) is 1. The van der Waals surface area contributed by atoms with E-state index in [1.807, 2.05) is 18.2 Å². The fourth-order valence-corrected chi connectivity index (χ4v) is 2.24. The number of methoxy groups -OCH3 is 1. The van der Waals surface area contributed by atoms with E-state index >= 15 is 0 Å². The fourth-order valence-electron chi connectivity index (χ4n) is 2.24. The quantitative estimate of drug-likeness (QED) is 0.391. The summed E-state index contributed by atoms with van der Waals surface area (Å²) in [6.07, 6.45) is 6.40. The minimum Gasteiger partial charge on any atom is -0.496 e. The van der Waals surface area contributed by atoms with Crippen LogP contribution in [0.15, 0.2) is 18.2 Å². The highest BCUT2D eigenvalue weighted by Gasteiger charge is 2.08. The Morgan fingerprint density at radius 3 is 2.67 bits per heavy atom. The molecule has 118 valence electrons. The Hall–Kier alpha value is -1.55. The van der Waals surface area contributed by atoms with Crippen molar-refractivity contribution in [2.45, 2.75) is 58.7 Å². The second kappa shape index (κ2) is 9.40. The summed E-state index contributed by atoms with van der Waals surface area (Å²) in [5.41, 5.74) is 7.21. The van der Waals surface area contributed by atoms with Crippen LogP contribution < -0.4 is 10.5 Å². The van der Waals surface area contributed by atoms with Crippen molar-refractivity contribution in [1.29, 1.82) is 5.41 Å². The van der Waals surface area contributed by atoms with Gasteiger partial charge in [-0.05, 0) is 31.0 Å². The van der Waals surface area contributed by atoms with Gasteiger partial charge in [0.05, 0.1) is 25.4 Å². The molecule has 4 nitrogen and oxygen atoms in total. The van der Waals surface area contributed by atoms with Crippen molar-refractivity contribution in [2.24, 2.45) is 5.73 Å². The second-order valence-electron chi connectivity index (χ2n) is 5.42. The first-order valence-corrected chi connectivity index (χ1v) is 7.71. The molecule has 0 aliphatic rings. The van der Waals surface area contributed by atoms with Gasteiger partial charge in [-0.15, -0.1) is 0 Å². The number of hydrogen-bond donors (Lipinski definition) is 2. The molecule has 0 spiro atoms. The number of unbranched alkanes of at least 4 members (excludes halogenated alkanes) is 3. The first kappa shape index (κ1) is 17.5. The fraction of sp³-hybridized carbons (Fsp3) is 0.588. The molecule has 0 aromatic heterocycles. The Morgan fingerprint density at radius 1 is 1.29 bits per heavy atom. The monoisotopic (exact) mass is 292 g/mol. The molecule has 0 fully saturated rings. The van der Waals surface area contributed by atoms with Gasteiger partial charge in [0.2, 0.25) is 0 Å². The van der Waals surface area contributed by atoms with Crippen molar-refractivity contribution in [1.82, 2.24) is 0 Å². The van der Waals surface area contributed by atoms with Crippen LogP contribution in [-0.4, -0.2) is 19.0 Å². The Bertz CT molecular complexity index is 446. The molecule has 21 heavy (non-hydrogen) atoms. The van der Waals surface area contributed by atoms with Crippen LogP contribution in [0.1, 0.15) is 57.1 Å². The van der Waals surface area contributed by atoms with Gasteiger partial charge in [-0.25, -0.2) is 0 Å². The zero-order valence-corrected chi connectivity index (χ0v) is 13.4. The summed E-state index contributed by atoms with van der Waals surface area (Å²) in [7, 11) is 1.58. The maximum atomic E-state index is 7.58. The molecule has 1 aromatic carbocycles. The average Bonchev–Trinajstić information content (AvgIpc) is 2.49. The minimum atomic E-state index is 0.0151. The van der Waals surface area contributed by atoms with Gasteiger partial charge in [-0.2, -0.15) is 0 Å². The van der Waals surface area contributed by atoms with E-state index in [4.69, 9.17) is 20.6 Å². The van der Waals surface area contributed by atoms with Crippen molar-refractivity contribution in [3.05, 3.63) is 29.3 Å².